The molecule has 0 fully saturated rings. The molecule has 100 valence electrons. The number of rotatable bonds is 4. The van der Waals surface area contributed by atoms with E-state index in [2.05, 4.69) is 15.5 Å². The van der Waals surface area contributed by atoms with E-state index < -0.39 is 0 Å². The Hall–Kier alpha value is -2.37. The SMILES string of the molecule is Cc1noc(CCNC(=O)c2ccc(C)c(N)c2)n1. The first-order chi connectivity index (χ1) is 9.06. The fraction of sp³-hybridized carbons (Fsp3) is 0.308. The van der Waals surface area contributed by atoms with Crippen LogP contribution in [-0.2, 0) is 6.42 Å². The van der Waals surface area contributed by atoms with Gasteiger partial charge in [0.1, 0.15) is 0 Å². The Labute approximate surface area is 111 Å². The molecule has 2 aromatic rings. The number of hydrogen-bond donors (Lipinski definition) is 2. The second-order valence-electron chi connectivity index (χ2n) is 4.31. The Kier molecular flexibility index (Phi) is 3.79. The van der Waals surface area contributed by atoms with Gasteiger partial charge in [0.25, 0.3) is 5.91 Å². The molecule has 0 bridgehead atoms. The zero-order valence-corrected chi connectivity index (χ0v) is 10.9. The largest absolute Gasteiger partial charge is 0.398 e. The number of hydrogen-bond acceptors (Lipinski definition) is 5. The number of carbonyl (C=O) groups is 1. The molecule has 0 aliphatic carbocycles. The van der Waals surface area contributed by atoms with Crippen molar-refractivity contribution in [2.45, 2.75) is 20.3 Å². The Balaban J connectivity index is 1.89. The number of amides is 1. The lowest BCUT2D eigenvalue weighted by molar-refractivity contribution is 0.0953. The Morgan fingerprint density at radius 3 is 2.84 bits per heavy atom. The summed E-state index contributed by atoms with van der Waals surface area (Å²) in [5.41, 5.74) is 7.88. The molecule has 0 aliphatic rings. The van der Waals surface area contributed by atoms with Crippen molar-refractivity contribution < 1.29 is 9.32 Å². The van der Waals surface area contributed by atoms with Gasteiger partial charge in [-0.2, -0.15) is 4.98 Å². The highest BCUT2D eigenvalue weighted by atomic mass is 16.5. The minimum Gasteiger partial charge on any atom is -0.398 e. The lowest BCUT2D eigenvalue weighted by Crippen LogP contribution is -2.25. The fourth-order valence-corrected chi connectivity index (χ4v) is 1.61. The van der Waals surface area contributed by atoms with Gasteiger partial charge in [0.2, 0.25) is 5.89 Å². The van der Waals surface area contributed by atoms with E-state index in [1.807, 2.05) is 13.0 Å². The summed E-state index contributed by atoms with van der Waals surface area (Å²) in [5.74, 6) is 0.941. The van der Waals surface area contributed by atoms with Crippen LogP contribution in [-0.4, -0.2) is 22.6 Å². The first-order valence-corrected chi connectivity index (χ1v) is 6.00. The summed E-state index contributed by atoms with van der Waals surface area (Å²) >= 11 is 0. The van der Waals surface area contributed by atoms with E-state index in [-0.39, 0.29) is 5.91 Å². The Morgan fingerprint density at radius 2 is 2.21 bits per heavy atom. The zero-order valence-electron chi connectivity index (χ0n) is 10.9. The van der Waals surface area contributed by atoms with Crippen molar-refractivity contribution >= 4 is 11.6 Å². The van der Waals surface area contributed by atoms with Crippen LogP contribution in [0, 0.1) is 13.8 Å². The van der Waals surface area contributed by atoms with Crippen LogP contribution < -0.4 is 11.1 Å². The summed E-state index contributed by atoms with van der Waals surface area (Å²) in [4.78, 5) is 15.9. The first-order valence-electron chi connectivity index (χ1n) is 6.00. The van der Waals surface area contributed by atoms with Gasteiger partial charge < -0.3 is 15.6 Å². The fourth-order valence-electron chi connectivity index (χ4n) is 1.61. The minimum atomic E-state index is -0.164. The molecular weight excluding hydrogens is 244 g/mol. The Bertz CT molecular complexity index is 592. The van der Waals surface area contributed by atoms with Crippen LogP contribution in [0.4, 0.5) is 5.69 Å². The molecule has 0 saturated heterocycles. The van der Waals surface area contributed by atoms with E-state index in [4.69, 9.17) is 10.3 Å². The van der Waals surface area contributed by atoms with E-state index in [1.165, 1.54) is 0 Å². The van der Waals surface area contributed by atoms with Crippen LogP contribution >= 0.6 is 0 Å². The lowest BCUT2D eigenvalue weighted by Gasteiger charge is -2.06. The molecule has 0 saturated carbocycles. The van der Waals surface area contributed by atoms with Crippen molar-refractivity contribution in [1.29, 1.82) is 0 Å². The molecule has 0 spiro atoms. The normalized spacial score (nSPS) is 10.4. The number of benzene rings is 1. The molecule has 6 nitrogen and oxygen atoms in total. The topological polar surface area (TPSA) is 94.0 Å². The second kappa shape index (κ2) is 5.51. The number of nitrogens with two attached hydrogens (primary N) is 1. The maximum absolute atomic E-state index is 11.9. The summed E-state index contributed by atoms with van der Waals surface area (Å²) in [6.45, 7) is 4.09. The van der Waals surface area contributed by atoms with Crippen molar-refractivity contribution in [2.24, 2.45) is 0 Å². The van der Waals surface area contributed by atoms with Crippen molar-refractivity contribution in [2.75, 3.05) is 12.3 Å². The van der Waals surface area contributed by atoms with Gasteiger partial charge in [0.05, 0.1) is 0 Å². The molecule has 19 heavy (non-hydrogen) atoms. The van der Waals surface area contributed by atoms with Crippen LogP contribution in [0.5, 0.6) is 0 Å². The molecule has 0 atom stereocenters. The molecule has 3 N–H and O–H groups in total. The van der Waals surface area contributed by atoms with Crippen LogP contribution in [0.25, 0.3) is 0 Å². The highest BCUT2D eigenvalue weighted by Gasteiger charge is 2.08. The van der Waals surface area contributed by atoms with Gasteiger partial charge in [0, 0.05) is 24.2 Å². The average Bonchev–Trinajstić information content (AvgIpc) is 2.78. The van der Waals surface area contributed by atoms with Gasteiger partial charge in [-0.1, -0.05) is 11.2 Å². The highest BCUT2D eigenvalue weighted by Crippen LogP contribution is 2.12. The summed E-state index contributed by atoms with van der Waals surface area (Å²) in [6.07, 6.45) is 0.508. The van der Waals surface area contributed by atoms with E-state index in [0.717, 1.165) is 5.56 Å². The number of aromatic nitrogens is 2. The molecule has 1 amide bonds. The zero-order chi connectivity index (χ0) is 13.8. The quantitative estimate of drug-likeness (QED) is 0.807. The van der Waals surface area contributed by atoms with Crippen LogP contribution in [0.1, 0.15) is 27.6 Å². The number of anilines is 1. The first kappa shape index (κ1) is 13.1. The number of nitrogens with zero attached hydrogens (tertiary/aromatic N) is 2. The van der Waals surface area contributed by atoms with Gasteiger partial charge in [0.15, 0.2) is 5.82 Å². The van der Waals surface area contributed by atoms with Crippen molar-refractivity contribution in [1.82, 2.24) is 15.5 Å². The predicted octanol–water partition coefficient (Wildman–Crippen LogP) is 1.24. The van der Waals surface area contributed by atoms with Gasteiger partial charge in [-0.3, -0.25) is 4.79 Å². The highest BCUT2D eigenvalue weighted by molar-refractivity contribution is 5.95. The summed E-state index contributed by atoms with van der Waals surface area (Å²) in [6, 6.07) is 5.24. The van der Waals surface area contributed by atoms with Crippen LogP contribution in [0.2, 0.25) is 0 Å². The van der Waals surface area contributed by atoms with Gasteiger partial charge >= 0.3 is 0 Å². The van der Waals surface area contributed by atoms with Gasteiger partial charge in [-0.15, -0.1) is 0 Å². The molecule has 6 heteroatoms. The third kappa shape index (κ3) is 3.31. The molecule has 0 unspecified atom stereocenters. The maximum atomic E-state index is 11.9. The maximum Gasteiger partial charge on any atom is 0.251 e. The second-order valence-corrected chi connectivity index (χ2v) is 4.31. The van der Waals surface area contributed by atoms with Crippen LogP contribution in [0.3, 0.4) is 0 Å². The molecular formula is C13H16N4O2. The van der Waals surface area contributed by atoms with E-state index in [1.54, 1.807) is 19.1 Å². The molecule has 1 aromatic carbocycles. The molecule has 0 aliphatic heterocycles. The third-order valence-electron chi connectivity index (χ3n) is 2.74. The Morgan fingerprint density at radius 1 is 1.42 bits per heavy atom. The van der Waals surface area contributed by atoms with Gasteiger partial charge in [-0.25, -0.2) is 0 Å². The van der Waals surface area contributed by atoms with Crippen LogP contribution in [0.15, 0.2) is 22.7 Å². The minimum absolute atomic E-state index is 0.164. The standard InChI is InChI=1S/C13H16N4O2/c1-8-3-4-10(7-11(8)14)13(18)15-6-5-12-16-9(2)17-19-12/h3-4,7H,5-6,14H2,1-2H3,(H,15,18). The number of carbonyl (C=O) groups excluding carboxylic acids is 1. The van der Waals surface area contributed by atoms with E-state index in [9.17, 15) is 4.79 Å². The van der Waals surface area contributed by atoms with Gasteiger partial charge in [-0.05, 0) is 31.5 Å². The summed E-state index contributed by atoms with van der Waals surface area (Å²) in [5, 5.41) is 6.46. The molecule has 0 radical (unpaired) electrons. The van der Waals surface area contributed by atoms with E-state index in [0.29, 0.717) is 35.9 Å². The van der Waals surface area contributed by atoms with Crippen molar-refractivity contribution in [3.63, 3.8) is 0 Å². The average molecular weight is 260 g/mol. The molecule has 1 heterocycles. The lowest BCUT2D eigenvalue weighted by atomic mass is 10.1. The summed E-state index contributed by atoms with van der Waals surface area (Å²) in [7, 11) is 0. The number of aryl methyl sites for hydroxylation is 2. The number of nitrogens with one attached hydrogen (secondary N) is 1. The van der Waals surface area contributed by atoms with Crippen molar-refractivity contribution in [3.05, 3.63) is 41.0 Å². The molecule has 1 aromatic heterocycles. The smallest absolute Gasteiger partial charge is 0.251 e. The molecule has 2 rings (SSSR count). The summed E-state index contributed by atoms with van der Waals surface area (Å²) < 4.78 is 4.95. The van der Waals surface area contributed by atoms with Crippen molar-refractivity contribution in [3.8, 4) is 0 Å². The third-order valence-corrected chi connectivity index (χ3v) is 2.74. The number of nitrogen functional groups attached to an aromatic ring is 1. The monoisotopic (exact) mass is 260 g/mol. The predicted molar refractivity (Wildman–Crippen MR) is 70.7 cm³/mol. The van der Waals surface area contributed by atoms with E-state index >= 15 is 0 Å².